The molecule has 0 atom stereocenters. The van der Waals surface area contributed by atoms with Crippen molar-refractivity contribution < 1.29 is 9.47 Å². The summed E-state index contributed by atoms with van der Waals surface area (Å²) in [5, 5.41) is 0. The van der Waals surface area contributed by atoms with E-state index in [0.717, 1.165) is 6.42 Å². The summed E-state index contributed by atoms with van der Waals surface area (Å²) < 4.78 is 9.13. The Balaban J connectivity index is 2.45. The summed E-state index contributed by atoms with van der Waals surface area (Å²) in [4.78, 5) is 0. The largest absolute Gasteiger partial charge is 0.355 e. The fourth-order valence-corrected chi connectivity index (χ4v) is 0.220. The average molecular weight is 102 g/mol. The van der Waals surface area contributed by atoms with E-state index < -0.39 is 0 Å². The van der Waals surface area contributed by atoms with Gasteiger partial charge in [-0.15, -0.1) is 0 Å². The predicted octanol–water partition coefficient (Wildman–Crippen LogP) is 0.993. The van der Waals surface area contributed by atoms with Crippen LogP contribution >= 0.6 is 0 Å². The number of hydrogen-bond acceptors (Lipinski definition) is 2. The highest BCUT2D eigenvalue weighted by Gasteiger charge is 1.77. The van der Waals surface area contributed by atoms with Crippen LogP contribution in [-0.4, -0.2) is 13.4 Å². The quantitative estimate of drug-likeness (QED) is 0.389. The van der Waals surface area contributed by atoms with Gasteiger partial charge in [0.15, 0.2) is 0 Å². The van der Waals surface area contributed by atoms with Crippen molar-refractivity contribution in [2.24, 2.45) is 0 Å². The molecule has 2 nitrogen and oxygen atoms in total. The zero-order chi connectivity index (χ0) is 5.54. The normalized spacial score (nSPS) is 9.43. The highest BCUT2D eigenvalue weighted by molar-refractivity contribution is 4.32. The minimum atomic E-state index is 0.273. The first kappa shape index (κ1) is 6.92. The molecule has 0 unspecified atom stereocenters. The van der Waals surface area contributed by atoms with Crippen molar-refractivity contribution in [2.45, 2.75) is 6.42 Å². The van der Waals surface area contributed by atoms with E-state index in [-0.39, 0.29) is 6.79 Å². The zero-order valence-corrected chi connectivity index (χ0v) is 4.35. The number of rotatable bonds is 4. The van der Waals surface area contributed by atoms with Gasteiger partial charge >= 0.3 is 0 Å². The summed E-state index contributed by atoms with van der Waals surface area (Å²) in [6.07, 6.45) is 0.781. The maximum Gasteiger partial charge on any atom is 0.146 e. The van der Waals surface area contributed by atoms with E-state index in [9.17, 15) is 0 Å². The Morgan fingerprint density at radius 1 is 1.43 bits per heavy atom. The molecule has 2 heteroatoms. The van der Waals surface area contributed by atoms with Crippen molar-refractivity contribution in [3.8, 4) is 0 Å². The lowest BCUT2D eigenvalue weighted by atomic mass is 10.5. The molecular formula is C5H10O2. The first-order chi connectivity index (χ1) is 3.41. The van der Waals surface area contributed by atoms with E-state index in [1.54, 1.807) is 0 Å². The van der Waals surface area contributed by atoms with Crippen LogP contribution in [0, 0.1) is 14.0 Å². The van der Waals surface area contributed by atoms with Crippen LogP contribution in [0.2, 0.25) is 0 Å². The third-order valence-corrected chi connectivity index (χ3v) is 0.455. The van der Waals surface area contributed by atoms with Crippen molar-refractivity contribution in [1.29, 1.82) is 0 Å². The summed E-state index contributed by atoms with van der Waals surface area (Å²) >= 11 is 0. The smallest absolute Gasteiger partial charge is 0.146 e. The maximum absolute atomic E-state index is 4.78. The van der Waals surface area contributed by atoms with Crippen LogP contribution in [0.5, 0.6) is 0 Å². The van der Waals surface area contributed by atoms with Crippen LogP contribution in [-0.2, 0) is 9.47 Å². The average Bonchev–Trinajstić information content (AvgIpc) is 1.69. The minimum Gasteiger partial charge on any atom is -0.355 e. The van der Waals surface area contributed by atoms with Crippen LogP contribution in [0.15, 0.2) is 0 Å². The van der Waals surface area contributed by atoms with E-state index in [0.29, 0.717) is 6.61 Å². The lowest BCUT2D eigenvalue weighted by Crippen LogP contribution is -1.94. The van der Waals surface area contributed by atoms with Crippen molar-refractivity contribution in [1.82, 2.24) is 0 Å². The van der Waals surface area contributed by atoms with Crippen LogP contribution in [0.25, 0.3) is 0 Å². The molecule has 0 rings (SSSR count). The van der Waals surface area contributed by atoms with Gasteiger partial charge in [0.1, 0.15) is 6.79 Å². The Morgan fingerprint density at radius 2 is 2.14 bits per heavy atom. The Labute approximate surface area is 44.4 Å². The zero-order valence-electron chi connectivity index (χ0n) is 4.35. The van der Waals surface area contributed by atoms with Crippen molar-refractivity contribution >= 4 is 0 Å². The standard InChI is InChI=1S/C5H10O2/c1-3-4-7-5-6-2/h1-5H2. The Bertz CT molecular complexity index is 25.3. The van der Waals surface area contributed by atoms with Crippen molar-refractivity contribution in [3.63, 3.8) is 0 Å². The highest BCUT2D eigenvalue weighted by atomic mass is 16.7. The van der Waals surface area contributed by atoms with Gasteiger partial charge < -0.3 is 9.47 Å². The molecule has 0 amide bonds. The molecule has 0 aliphatic carbocycles. The van der Waals surface area contributed by atoms with Crippen LogP contribution < -0.4 is 0 Å². The van der Waals surface area contributed by atoms with Crippen molar-refractivity contribution in [3.05, 3.63) is 14.0 Å². The van der Waals surface area contributed by atoms with Gasteiger partial charge in [-0.25, -0.2) is 0 Å². The van der Waals surface area contributed by atoms with Gasteiger partial charge in [0.05, 0.1) is 7.11 Å². The first-order valence-electron chi connectivity index (χ1n) is 2.15. The second kappa shape index (κ2) is 5.92. The molecule has 7 heavy (non-hydrogen) atoms. The first-order valence-corrected chi connectivity index (χ1v) is 2.15. The molecule has 0 N–H and O–H groups in total. The molecule has 0 heterocycles. The lowest BCUT2D eigenvalue weighted by molar-refractivity contribution is -0.0123. The second-order valence-corrected chi connectivity index (χ2v) is 1.08. The summed E-state index contributed by atoms with van der Waals surface area (Å²) in [7, 11) is 3.11. The van der Waals surface area contributed by atoms with Gasteiger partial charge in [-0.2, -0.15) is 0 Å². The molecule has 0 aromatic heterocycles. The molecule has 0 aliphatic heterocycles. The fraction of sp³-hybridized carbons (Fsp3) is 0.600. The van der Waals surface area contributed by atoms with E-state index in [2.05, 4.69) is 18.8 Å². The van der Waals surface area contributed by atoms with Crippen LogP contribution in [0.1, 0.15) is 6.42 Å². The van der Waals surface area contributed by atoms with Crippen LogP contribution in [0.4, 0.5) is 0 Å². The predicted molar refractivity (Wildman–Crippen MR) is 27.2 cm³/mol. The molecule has 0 fully saturated rings. The van der Waals surface area contributed by atoms with E-state index >= 15 is 0 Å². The van der Waals surface area contributed by atoms with E-state index in [1.165, 1.54) is 0 Å². The van der Waals surface area contributed by atoms with E-state index in [1.807, 2.05) is 0 Å². The molecule has 0 aromatic carbocycles. The van der Waals surface area contributed by atoms with Gasteiger partial charge in [0.25, 0.3) is 0 Å². The monoisotopic (exact) mass is 102 g/mol. The maximum atomic E-state index is 4.78. The molecule has 42 valence electrons. The molecular weight excluding hydrogens is 92.1 g/mol. The fourth-order valence-electron chi connectivity index (χ4n) is 0.220. The summed E-state index contributed by atoms with van der Waals surface area (Å²) in [5.41, 5.74) is 0. The van der Waals surface area contributed by atoms with Gasteiger partial charge in [-0.1, -0.05) is 6.92 Å². The SMILES string of the molecule is [CH2]CCOCO[CH2]. The summed E-state index contributed by atoms with van der Waals surface area (Å²) in [6, 6.07) is 0. The van der Waals surface area contributed by atoms with E-state index in [4.69, 9.17) is 4.74 Å². The third kappa shape index (κ3) is 5.92. The number of ether oxygens (including phenoxy) is 2. The third-order valence-electron chi connectivity index (χ3n) is 0.455. The molecule has 2 radical (unpaired) electrons. The summed E-state index contributed by atoms with van der Waals surface area (Å²) in [6.45, 7) is 4.48. The van der Waals surface area contributed by atoms with Crippen molar-refractivity contribution in [2.75, 3.05) is 13.4 Å². The Morgan fingerprint density at radius 3 is 2.57 bits per heavy atom. The Kier molecular flexibility index (Phi) is 5.85. The molecule has 0 aliphatic rings. The number of hydrogen-bond donors (Lipinski definition) is 0. The molecule has 0 bridgehead atoms. The van der Waals surface area contributed by atoms with Gasteiger partial charge in [-0.05, 0) is 6.42 Å². The second-order valence-electron chi connectivity index (χ2n) is 1.08. The molecule has 0 aromatic rings. The minimum absolute atomic E-state index is 0.273. The highest BCUT2D eigenvalue weighted by Crippen LogP contribution is 1.78. The summed E-state index contributed by atoms with van der Waals surface area (Å²) in [5.74, 6) is 0. The lowest BCUT2D eigenvalue weighted by Gasteiger charge is -1.96. The molecule has 0 spiro atoms. The van der Waals surface area contributed by atoms with Gasteiger partial charge in [-0.3, -0.25) is 0 Å². The van der Waals surface area contributed by atoms with Crippen LogP contribution in [0.3, 0.4) is 0 Å². The molecule has 0 saturated carbocycles. The molecule has 0 saturated heterocycles. The van der Waals surface area contributed by atoms with Gasteiger partial charge in [0.2, 0.25) is 0 Å². The Hall–Kier alpha value is -0.0800. The topological polar surface area (TPSA) is 18.5 Å². The van der Waals surface area contributed by atoms with Gasteiger partial charge in [0, 0.05) is 6.61 Å².